The van der Waals surface area contributed by atoms with Gasteiger partial charge in [0.2, 0.25) is 0 Å². The van der Waals surface area contributed by atoms with E-state index in [0.29, 0.717) is 0 Å². The molecule has 0 aromatic heterocycles. The van der Waals surface area contributed by atoms with Crippen molar-refractivity contribution < 1.29 is 0 Å². The molecule has 0 aromatic carbocycles. The van der Waals surface area contributed by atoms with Crippen molar-refractivity contribution in [1.82, 2.24) is 0 Å². The van der Waals surface area contributed by atoms with Crippen LogP contribution in [0.3, 0.4) is 0 Å². The van der Waals surface area contributed by atoms with Crippen LogP contribution in [0.1, 0.15) is 143 Å². The molecule has 0 amide bonds. The third kappa shape index (κ3) is 6.12. The molecule has 0 spiro atoms. The summed E-state index contributed by atoms with van der Waals surface area (Å²) in [5.74, 6) is 9.92. The molecule has 31 heavy (non-hydrogen) atoms. The van der Waals surface area contributed by atoms with Crippen LogP contribution in [-0.4, -0.2) is 0 Å². The first-order valence-corrected chi connectivity index (χ1v) is 15.2. The maximum absolute atomic E-state index is 2.59. The highest BCUT2D eigenvalue weighted by molar-refractivity contribution is 4.97. The van der Waals surface area contributed by atoms with Gasteiger partial charge in [-0.05, 0) is 85.4 Å². The van der Waals surface area contributed by atoms with Crippen LogP contribution in [0.25, 0.3) is 0 Å². The summed E-state index contributed by atoms with van der Waals surface area (Å²) in [7, 11) is 0. The average Bonchev–Trinajstić information content (AvgIpc) is 3.55. The van der Waals surface area contributed by atoms with E-state index in [4.69, 9.17) is 0 Å². The molecule has 5 fully saturated rings. The Labute approximate surface area is 196 Å². The molecule has 5 aliphatic rings. The Balaban J connectivity index is 0.000000166. The molecule has 5 aliphatic carbocycles. The van der Waals surface area contributed by atoms with E-state index >= 15 is 0 Å². The standard InChI is InChI=1S/C19H34.C12H22/c1-3-4-11-17-14(2)13-16-10-7-12-18(16)19(17)15-8-5-6-9-15;1-10-7-8-12(9-10)11-5-3-2-4-6-11/h14-19H,3-13H2,1-2H3;10-12H,2-9H2,1H3. The second-order valence-electron chi connectivity index (χ2n) is 13.1. The van der Waals surface area contributed by atoms with Gasteiger partial charge in [0, 0.05) is 0 Å². The molecule has 0 heteroatoms. The van der Waals surface area contributed by atoms with Gasteiger partial charge < -0.3 is 0 Å². The van der Waals surface area contributed by atoms with Crippen molar-refractivity contribution in [1.29, 1.82) is 0 Å². The Morgan fingerprint density at radius 1 is 0.581 bits per heavy atom. The summed E-state index contributed by atoms with van der Waals surface area (Å²) >= 11 is 0. The summed E-state index contributed by atoms with van der Waals surface area (Å²) < 4.78 is 0. The second-order valence-corrected chi connectivity index (χ2v) is 13.1. The molecule has 0 aliphatic heterocycles. The molecule has 0 N–H and O–H groups in total. The van der Waals surface area contributed by atoms with Gasteiger partial charge in [-0.3, -0.25) is 0 Å². The van der Waals surface area contributed by atoms with E-state index in [2.05, 4.69) is 20.8 Å². The normalized spacial score (nSPS) is 41.7. The van der Waals surface area contributed by atoms with Crippen LogP contribution in [0.4, 0.5) is 0 Å². The van der Waals surface area contributed by atoms with Crippen LogP contribution < -0.4 is 0 Å². The van der Waals surface area contributed by atoms with Crippen molar-refractivity contribution in [2.45, 2.75) is 143 Å². The molecule has 0 aromatic rings. The summed E-state index contributed by atoms with van der Waals surface area (Å²) in [6, 6.07) is 0. The summed E-state index contributed by atoms with van der Waals surface area (Å²) in [5, 5.41) is 0. The van der Waals surface area contributed by atoms with E-state index in [9.17, 15) is 0 Å². The van der Waals surface area contributed by atoms with E-state index in [0.717, 1.165) is 53.3 Å². The minimum absolute atomic E-state index is 1.02. The largest absolute Gasteiger partial charge is 0.0654 e. The fourth-order valence-corrected chi connectivity index (χ4v) is 9.46. The maximum Gasteiger partial charge on any atom is -0.0324 e. The fraction of sp³-hybridized carbons (Fsp3) is 1.00. The zero-order valence-electron chi connectivity index (χ0n) is 21.6. The van der Waals surface area contributed by atoms with E-state index in [1.165, 1.54) is 51.4 Å². The van der Waals surface area contributed by atoms with Gasteiger partial charge in [0.05, 0.1) is 0 Å². The first-order chi connectivity index (χ1) is 15.2. The van der Waals surface area contributed by atoms with Crippen LogP contribution in [0, 0.1) is 53.3 Å². The molecule has 0 nitrogen and oxygen atoms in total. The predicted molar refractivity (Wildman–Crippen MR) is 136 cm³/mol. The van der Waals surface area contributed by atoms with Crippen molar-refractivity contribution >= 4 is 0 Å². The zero-order chi connectivity index (χ0) is 21.6. The Hall–Kier alpha value is 0. The van der Waals surface area contributed by atoms with Crippen molar-refractivity contribution in [3.05, 3.63) is 0 Å². The van der Waals surface area contributed by atoms with Crippen LogP contribution in [0.15, 0.2) is 0 Å². The summed E-state index contributed by atoms with van der Waals surface area (Å²) in [5.41, 5.74) is 0. The van der Waals surface area contributed by atoms with Gasteiger partial charge in [0.15, 0.2) is 0 Å². The summed E-state index contributed by atoms with van der Waals surface area (Å²) in [6.07, 6.45) is 29.2. The Bertz CT molecular complexity index is 493. The van der Waals surface area contributed by atoms with Crippen molar-refractivity contribution in [3.63, 3.8) is 0 Å². The Morgan fingerprint density at radius 2 is 1.26 bits per heavy atom. The van der Waals surface area contributed by atoms with Gasteiger partial charge in [-0.25, -0.2) is 0 Å². The molecular weight excluding hydrogens is 372 g/mol. The zero-order valence-corrected chi connectivity index (χ0v) is 21.6. The SMILES string of the molecule is CC1CCC(C2CCCCC2)C1.CCCCC1C(C)CC2CCCC2C1C1CCCC1. The van der Waals surface area contributed by atoms with E-state index in [-0.39, 0.29) is 0 Å². The van der Waals surface area contributed by atoms with Crippen LogP contribution in [-0.2, 0) is 0 Å². The number of hydrogen-bond donors (Lipinski definition) is 0. The first-order valence-electron chi connectivity index (χ1n) is 15.2. The van der Waals surface area contributed by atoms with Gasteiger partial charge in [-0.1, -0.05) is 111 Å². The Kier molecular flexibility index (Phi) is 9.28. The molecule has 0 bridgehead atoms. The highest BCUT2D eigenvalue weighted by atomic mass is 14.5. The number of rotatable bonds is 5. The highest BCUT2D eigenvalue weighted by Gasteiger charge is 2.47. The molecule has 5 rings (SSSR count). The van der Waals surface area contributed by atoms with E-state index < -0.39 is 0 Å². The van der Waals surface area contributed by atoms with E-state index in [1.807, 2.05) is 0 Å². The smallest absolute Gasteiger partial charge is 0.0324 e. The minimum Gasteiger partial charge on any atom is -0.0654 e. The topological polar surface area (TPSA) is 0 Å². The van der Waals surface area contributed by atoms with Crippen molar-refractivity contribution in [2.24, 2.45) is 53.3 Å². The lowest BCUT2D eigenvalue weighted by molar-refractivity contribution is 0.0160. The lowest BCUT2D eigenvalue weighted by Crippen LogP contribution is -2.40. The van der Waals surface area contributed by atoms with Crippen LogP contribution in [0.2, 0.25) is 0 Å². The van der Waals surface area contributed by atoms with Crippen LogP contribution >= 0.6 is 0 Å². The third-order valence-corrected chi connectivity index (χ3v) is 11.0. The quantitative estimate of drug-likeness (QED) is 0.408. The van der Waals surface area contributed by atoms with Gasteiger partial charge in [0.1, 0.15) is 0 Å². The van der Waals surface area contributed by atoms with Crippen molar-refractivity contribution in [3.8, 4) is 0 Å². The second kappa shape index (κ2) is 11.9. The lowest BCUT2D eigenvalue weighted by atomic mass is 9.58. The molecule has 5 saturated carbocycles. The van der Waals surface area contributed by atoms with Crippen LogP contribution in [0.5, 0.6) is 0 Å². The third-order valence-electron chi connectivity index (χ3n) is 11.0. The minimum atomic E-state index is 1.02. The molecule has 0 saturated heterocycles. The lowest BCUT2D eigenvalue weighted by Gasteiger charge is -2.47. The molecule has 7 atom stereocenters. The monoisotopic (exact) mass is 428 g/mol. The fourth-order valence-electron chi connectivity index (χ4n) is 9.46. The first kappa shape index (κ1) is 24.1. The molecule has 0 radical (unpaired) electrons. The van der Waals surface area contributed by atoms with Gasteiger partial charge in [-0.15, -0.1) is 0 Å². The van der Waals surface area contributed by atoms with E-state index in [1.54, 1.807) is 70.6 Å². The highest BCUT2D eigenvalue weighted by Crippen LogP contribution is 2.56. The maximum atomic E-state index is 2.59. The predicted octanol–water partition coefficient (Wildman–Crippen LogP) is 10.1. The molecule has 180 valence electrons. The number of hydrogen-bond acceptors (Lipinski definition) is 0. The number of unbranched alkanes of at least 4 members (excludes halogenated alkanes) is 1. The van der Waals surface area contributed by atoms with Gasteiger partial charge in [-0.2, -0.15) is 0 Å². The van der Waals surface area contributed by atoms with Crippen molar-refractivity contribution in [2.75, 3.05) is 0 Å². The summed E-state index contributed by atoms with van der Waals surface area (Å²) in [6.45, 7) is 7.40. The average molecular weight is 429 g/mol. The molecule has 7 unspecified atom stereocenters. The van der Waals surface area contributed by atoms with Gasteiger partial charge in [0.25, 0.3) is 0 Å². The molecular formula is C31H56. The Morgan fingerprint density at radius 3 is 1.94 bits per heavy atom. The number of fused-ring (bicyclic) bond motifs is 1. The van der Waals surface area contributed by atoms with Gasteiger partial charge >= 0.3 is 0 Å². The summed E-state index contributed by atoms with van der Waals surface area (Å²) in [4.78, 5) is 0. The molecule has 0 heterocycles.